The molecular formula is C22H30FN3O2. The van der Waals surface area contributed by atoms with E-state index in [1.54, 1.807) is 11.1 Å². The highest BCUT2D eigenvalue weighted by Crippen LogP contribution is 2.27. The van der Waals surface area contributed by atoms with E-state index >= 15 is 4.39 Å². The summed E-state index contributed by atoms with van der Waals surface area (Å²) >= 11 is 0. The second kappa shape index (κ2) is 9.32. The van der Waals surface area contributed by atoms with E-state index in [2.05, 4.69) is 10.3 Å². The van der Waals surface area contributed by atoms with Crippen molar-refractivity contribution in [3.63, 3.8) is 0 Å². The summed E-state index contributed by atoms with van der Waals surface area (Å²) in [6.07, 6.45) is 5.38. The van der Waals surface area contributed by atoms with Gasteiger partial charge in [-0.3, -0.25) is 9.79 Å². The number of benzene rings is 1. The lowest BCUT2D eigenvalue weighted by atomic mass is 9.92. The van der Waals surface area contributed by atoms with Crippen molar-refractivity contribution in [3.8, 4) is 0 Å². The highest BCUT2D eigenvalue weighted by molar-refractivity contribution is 5.94. The molecule has 1 N–H and O–H groups in total. The van der Waals surface area contributed by atoms with Crippen molar-refractivity contribution in [1.82, 2.24) is 10.2 Å². The molecule has 2 heterocycles. The maximum atomic E-state index is 15.0. The molecule has 5 nitrogen and oxygen atoms in total. The van der Waals surface area contributed by atoms with Gasteiger partial charge in [0.25, 0.3) is 5.91 Å². The first-order valence-electron chi connectivity index (χ1n) is 10.1. The Morgan fingerprint density at radius 1 is 1.29 bits per heavy atom. The number of likely N-dealkylation sites (tertiary alicyclic amines) is 1. The lowest BCUT2D eigenvalue weighted by molar-refractivity contribution is 0.0431. The van der Waals surface area contributed by atoms with Crippen LogP contribution >= 0.6 is 0 Å². The Morgan fingerprint density at radius 3 is 2.75 bits per heavy atom. The van der Waals surface area contributed by atoms with E-state index in [9.17, 15) is 4.79 Å². The third kappa shape index (κ3) is 5.41. The highest BCUT2D eigenvalue weighted by Gasteiger charge is 2.35. The number of alkyl halides is 1. The molecule has 0 aliphatic carbocycles. The molecule has 2 aliphatic heterocycles. The maximum Gasteiger partial charge on any atom is 0.253 e. The molecule has 2 aliphatic rings. The molecule has 1 aromatic rings. The minimum absolute atomic E-state index is 0.00562. The predicted octanol–water partition coefficient (Wildman–Crippen LogP) is 3.21. The molecule has 0 bridgehead atoms. The minimum Gasteiger partial charge on any atom is -0.491 e. The van der Waals surface area contributed by atoms with E-state index in [4.69, 9.17) is 4.74 Å². The van der Waals surface area contributed by atoms with Crippen molar-refractivity contribution >= 4 is 12.1 Å². The third-order valence-corrected chi connectivity index (χ3v) is 5.51. The second-order valence-corrected chi connectivity index (χ2v) is 7.70. The quantitative estimate of drug-likeness (QED) is 0.731. The molecule has 0 aromatic heterocycles. The fourth-order valence-corrected chi connectivity index (χ4v) is 3.48. The van der Waals surface area contributed by atoms with Crippen LogP contribution < -0.4 is 5.32 Å². The summed E-state index contributed by atoms with van der Waals surface area (Å²) in [6, 6.07) is 5.74. The Kier molecular flexibility index (Phi) is 6.83. The van der Waals surface area contributed by atoms with Gasteiger partial charge in [-0.1, -0.05) is 6.07 Å². The average molecular weight is 387 g/mol. The van der Waals surface area contributed by atoms with Crippen LogP contribution in [0.25, 0.3) is 0 Å². The van der Waals surface area contributed by atoms with Crippen LogP contribution in [0.15, 0.2) is 35.0 Å². The van der Waals surface area contributed by atoms with Crippen LogP contribution in [0.1, 0.15) is 40.7 Å². The van der Waals surface area contributed by atoms with Gasteiger partial charge >= 0.3 is 0 Å². The van der Waals surface area contributed by atoms with E-state index < -0.39 is 5.67 Å². The van der Waals surface area contributed by atoms with Crippen LogP contribution in [0.2, 0.25) is 0 Å². The van der Waals surface area contributed by atoms with Crippen molar-refractivity contribution in [2.45, 2.75) is 38.8 Å². The number of halogens is 1. The molecule has 152 valence electrons. The zero-order valence-corrected chi connectivity index (χ0v) is 16.8. The molecule has 0 atom stereocenters. The standard InChI is InChI=1S/C22H30FN3O2/c1-17-5-6-19(14-18(17)2)21(27)26-11-7-22(23,8-12-26)16-25-10-13-28-20-4-3-9-24-15-20/h4-6,14-15,25H,3,7-13,16H2,1-2H3. The highest BCUT2D eigenvalue weighted by atomic mass is 19.1. The number of carbonyl (C=O) groups is 1. The molecule has 1 fully saturated rings. The summed E-state index contributed by atoms with van der Waals surface area (Å²) in [5.74, 6) is 0.787. The van der Waals surface area contributed by atoms with Gasteiger partial charge in [0.2, 0.25) is 0 Å². The Morgan fingerprint density at radius 2 is 2.07 bits per heavy atom. The Labute approximate surface area is 166 Å². The molecule has 0 saturated carbocycles. The van der Waals surface area contributed by atoms with Gasteiger partial charge in [-0.25, -0.2) is 4.39 Å². The maximum absolute atomic E-state index is 15.0. The van der Waals surface area contributed by atoms with Crippen molar-refractivity contribution in [2.24, 2.45) is 4.99 Å². The first-order valence-corrected chi connectivity index (χ1v) is 10.1. The smallest absolute Gasteiger partial charge is 0.253 e. The molecule has 6 heteroatoms. The summed E-state index contributed by atoms with van der Waals surface area (Å²) in [4.78, 5) is 18.6. The first-order chi connectivity index (χ1) is 13.5. The number of nitrogens with zero attached hydrogens (tertiary/aromatic N) is 2. The van der Waals surface area contributed by atoms with Crippen LogP contribution in [-0.2, 0) is 4.74 Å². The lowest BCUT2D eigenvalue weighted by Crippen LogP contribution is -2.49. The fourth-order valence-electron chi connectivity index (χ4n) is 3.48. The number of aryl methyl sites for hydroxylation is 2. The Hall–Kier alpha value is -2.21. The van der Waals surface area contributed by atoms with Gasteiger partial charge in [-0.2, -0.15) is 0 Å². The number of ether oxygens (including phenoxy) is 1. The molecule has 0 unspecified atom stereocenters. The van der Waals surface area contributed by atoms with Gasteiger partial charge in [0.05, 0.1) is 6.21 Å². The van der Waals surface area contributed by atoms with Crippen LogP contribution in [-0.4, -0.2) is 62.0 Å². The van der Waals surface area contributed by atoms with Gasteiger partial charge in [-0.05, 0) is 49.6 Å². The summed E-state index contributed by atoms with van der Waals surface area (Å²) in [5, 5.41) is 3.15. The van der Waals surface area contributed by atoms with Gasteiger partial charge in [-0.15, -0.1) is 0 Å². The number of piperidine rings is 1. The topological polar surface area (TPSA) is 53.9 Å². The fraction of sp³-hybridized carbons (Fsp3) is 0.545. The molecule has 28 heavy (non-hydrogen) atoms. The number of allylic oxidation sites excluding steroid dienone is 1. The molecule has 1 aromatic carbocycles. The first kappa shape index (κ1) is 20.5. The monoisotopic (exact) mass is 387 g/mol. The zero-order valence-electron chi connectivity index (χ0n) is 16.8. The summed E-state index contributed by atoms with van der Waals surface area (Å²) in [7, 11) is 0. The van der Waals surface area contributed by atoms with Crippen molar-refractivity contribution in [1.29, 1.82) is 0 Å². The van der Waals surface area contributed by atoms with E-state index in [1.165, 1.54) is 5.56 Å². The van der Waals surface area contributed by atoms with Gasteiger partial charge in [0, 0.05) is 51.1 Å². The lowest BCUT2D eigenvalue weighted by Gasteiger charge is -2.36. The molecule has 0 radical (unpaired) electrons. The summed E-state index contributed by atoms with van der Waals surface area (Å²) in [5.41, 5.74) is 1.68. The number of amides is 1. The van der Waals surface area contributed by atoms with Crippen LogP contribution in [0.5, 0.6) is 0 Å². The third-order valence-electron chi connectivity index (χ3n) is 5.51. The van der Waals surface area contributed by atoms with E-state index in [1.807, 2.05) is 38.1 Å². The SMILES string of the molecule is Cc1ccc(C(=O)N2CCC(F)(CNCCOC3=CCCN=C3)CC2)cc1C. The molecule has 3 rings (SSSR count). The normalized spacial score (nSPS) is 18.7. The number of carbonyl (C=O) groups excluding carboxylic acids is 1. The summed E-state index contributed by atoms with van der Waals surface area (Å²) < 4.78 is 20.6. The number of rotatable bonds is 7. The Balaban J connectivity index is 1.39. The predicted molar refractivity (Wildman–Crippen MR) is 110 cm³/mol. The Bertz CT molecular complexity index is 752. The number of dihydropyridines is 1. The summed E-state index contributed by atoms with van der Waals surface area (Å²) in [6.45, 7) is 7.11. The van der Waals surface area contributed by atoms with Gasteiger partial charge < -0.3 is 15.0 Å². The van der Waals surface area contributed by atoms with Gasteiger partial charge in [0.1, 0.15) is 18.0 Å². The molecule has 1 saturated heterocycles. The van der Waals surface area contributed by atoms with Crippen molar-refractivity contribution < 1.29 is 13.9 Å². The zero-order chi connectivity index (χ0) is 20.0. The number of nitrogens with one attached hydrogen (secondary N) is 1. The van der Waals surface area contributed by atoms with Crippen LogP contribution in [0.4, 0.5) is 4.39 Å². The van der Waals surface area contributed by atoms with Crippen LogP contribution in [0, 0.1) is 13.8 Å². The number of aliphatic imine (C=N–C) groups is 1. The number of hydrogen-bond donors (Lipinski definition) is 1. The van der Waals surface area contributed by atoms with Crippen LogP contribution in [0.3, 0.4) is 0 Å². The average Bonchev–Trinajstić information content (AvgIpc) is 2.71. The van der Waals surface area contributed by atoms with E-state index in [0.717, 1.165) is 24.3 Å². The van der Waals surface area contributed by atoms with E-state index in [0.29, 0.717) is 44.6 Å². The number of hydrogen-bond acceptors (Lipinski definition) is 4. The largest absolute Gasteiger partial charge is 0.491 e. The van der Waals surface area contributed by atoms with E-state index in [-0.39, 0.29) is 12.5 Å². The molecular weight excluding hydrogens is 357 g/mol. The minimum atomic E-state index is -1.27. The molecule has 0 spiro atoms. The van der Waals surface area contributed by atoms with Crippen molar-refractivity contribution in [3.05, 3.63) is 46.7 Å². The van der Waals surface area contributed by atoms with Gasteiger partial charge in [0.15, 0.2) is 0 Å². The molecule has 1 amide bonds. The van der Waals surface area contributed by atoms with Crippen molar-refractivity contribution in [2.75, 3.05) is 39.3 Å². The second-order valence-electron chi connectivity index (χ2n) is 7.70.